The molecule has 1 aromatic carbocycles. The predicted octanol–water partition coefficient (Wildman–Crippen LogP) is 2.31. The molecule has 2 aromatic rings. The van der Waals surface area contributed by atoms with Gasteiger partial charge in [0.15, 0.2) is 0 Å². The number of hydrogen-bond acceptors (Lipinski definition) is 1. The molecule has 1 radical (unpaired) electrons. The molecule has 0 atom stereocenters. The van der Waals surface area contributed by atoms with Gasteiger partial charge in [-0.2, -0.15) is 0 Å². The molecule has 0 aliphatic heterocycles. The number of aromatic nitrogens is 2. The van der Waals surface area contributed by atoms with Gasteiger partial charge in [-0.1, -0.05) is 30.3 Å². The van der Waals surface area contributed by atoms with Crippen molar-refractivity contribution in [3.05, 3.63) is 61.0 Å². The first-order valence-electron chi connectivity index (χ1n) is 4.72. The number of rotatable bonds is 3. The number of hydrogen-bond donors (Lipinski definition) is 0. The van der Waals surface area contributed by atoms with Crippen molar-refractivity contribution in [3.8, 4) is 0 Å². The first-order chi connectivity index (χ1) is 6.88. The van der Waals surface area contributed by atoms with E-state index < -0.39 is 0 Å². The summed E-state index contributed by atoms with van der Waals surface area (Å²) in [6, 6.07) is 10.4. The fourth-order valence-corrected chi connectivity index (χ4v) is 1.42. The lowest BCUT2D eigenvalue weighted by atomic mass is 10.2. The molecule has 0 saturated carbocycles. The van der Waals surface area contributed by atoms with Crippen molar-refractivity contribution in [2.45, 2.75) is 13.0 Å². The fourth-order valence-electron chi connectivity index (χ4n) is 1.42. The zero-order valence-electron chi connectivity index (χ0n) is 8.06. The van der Waals surface area contributed by atoms with Crippen LogP contribution in [0.15, 0.2) is 42.9 Å². The van der Waals surface area contributed by atoms with Crippen molar-refractivity contribution in [2.75, 3.05) is 0 Å². The summed E-state index contributed by atoms with van der Waals surface area (Å²) in [6.07, 6.45) is 4.65. The smallest absolute Gasteiger partial charge is 0.0952 e. The maximum atomic E-state index is 4.23. The minimum absolute atomic E-state index is 0.752. The lowest BCUT2D eigenvalue weighted by Crippen LogP contribution is -1.95. The highest BCUT2D eigenvalue weighted by atomic mass is 15.0. The summed E-state index contributed by atoms with van der Waals surface area (Å²) >= 11 is 0. The highest BCUT2D eigenvalue weighted by Crippen LogP contribution is 2.03. The van der Waals surface area contributed by atoms with Gasteiger partial charge in [0.2, 0.25) is 0 Å². The van der Waals surface area contributed by atoms with Crippen LogP contribution in [0.5, 0.6) is 0 Å². The van der Waals surface area contributed by atoms with E-state index in [1.54, 1.807) is 0 Å². The van der Waals surface area contributed by atoms with Crippen molar-refractivity contribution in [2.24, 2.45) is 0 Å². The summed E-state index contributed by atoms with van der Waals surface area (Å²) in [5.41, 5.74) is 2.33. The van der Waals surface area contributed by atoms with E-state index >= 15 is 0 Å². The fraction of sp³-hybridized carbons (Fsp3) is 0.167. The van der Waals surface area contributed by atoms with Crippen LogP contribution in [0.25, 0.3) is 0 Å². The van der Waals surface area contributed by atoms with Crippen LogP contribution in [0.3, 0.4) is 0 Å². The molecule has 0 fully saturated rings. The molecule has 0 saturated heterocycles. The average Bonchev–Trinajstić information content (AvgIpc) is 2.67. The average molecular weight is 185 g/mol. The monoisotopic (exact) mass is 185 g/mol. The van der Waals surface area contributed by atoms with Crippen LogP contribution in [0.2, 0.25) is 0 Å². The third-order valence-electron chi connectivity index (χ3n) is 2.15. The third-order valence-corrected chi connectivity index (χ3v) is 2.15. The molecular formula is C12H13N2. The summed E-state index contributed by atoms with van der Waals surface area (Å²) in [6.45, 7) is 4.68. The van der Waals surface area contributed by atoms with Crippen LogP contribution in [0.4, 0.5) is 0 Å². The second-order valence-corrected chi connectivity index (χ2v) is 3.27. The number of imidazole rings is 1. The van der Waals surface area contributed by atoms with Crippen LogP contribution in [0.1, 0.15) is 11.3 Å². The van der Waals surface area contributed by atoms with Crippen molar-refractivity contribution in [3.63, 3.8) is 0 Å². The van der Waals surface area contributed by atoms with Gasteiger partial charge in [0.05, 0.1) is 12.0 Å². The van der Waals surface area contributed by atoms with Crippen molar-refractivity contribution < 1.29 is 0 Å². The van der Waals surface area contributed by atoms with Gasteiger partial charge in [0.25, 0.3) is 0 Å². The molecule has 0 bridgehead atoms. The molecule has 2 nitrogen and oxygen atoms in total. The van der Waals surface area contributed by atoms with E-state index in [1.807, 2.05) is 18.6 Å². The second kappa shape index (κ2) is 4.09. The van der Waals surface area contributed by atoms with Gasteiger partial charge in [-0.25, -0.2) is 4.98 Å². The van der Waals surface area contributed by atoms with Crippen molar-refractivity contribution in [1.29, 1.82) is 0 Å². The number of benzene rings is 1. The molecule has 0 aliphatic rings. The molecule has 71 valence electrons. The van der Waals surface area contributed by atoms with Crippen LogP contribution in [0, 0.1) is 6.92 Å². The van der Waals surface area contributed by atoms with Crippen LogP contribution in [-0.2, 0) is 13.0 Å². The Balaban J connectivity index is 2.11. The lowest BCUT2D eigenvalue weighted by Gasteiger charge is -2.00. The molecule has 0 N–H and O–H groups in total. The first-order valence-corrected chi connectivity index (χ1v) is 4.72. The standard InChI is InChI=1S/C12H13N2/c1-2-12-9-14(10-13-12)8-11-6-4-3-5-7-11/h3-7,9-10H,1-2,8H2. The van der Waals surface area contributed by atoms with Gasteiger partial charge >= 0.3 is 0 Å². The topological polar surface area (TPSA) is 17.8 Å². The minimum atomic E-state index is 0.752. The van der Waals surface area contributed by atoms with E-state index in [4.69, 9.17) is 0 Å². The van der Waals surface area contributed by atoms with E-state index in [0.29, 0.717) is 0 Å². The van der Waals surface area contributed by atoms with Gasteiger partial charge in [-0.05, 0) is 18.9 Å². The Morgan fingerprint density at radius 2 is 2.00 bits per heavy atom. The van der Waals surface area contributed by atoms with Crippen molar-refractivity contribution >= 4 is 0 Å². The zero-order valence-corrected chi connectivity index (χ0v) is 8.06. The molecule has 2 heteroatoms. The SMILES string of the molecule is [CH2]Cc1cn(Cc2ccccc2)cn1. The number of nitrogens with zero attached hydrogens (tertiary/aromatic N) is 2. The van der Waals surface area contributed by atoms with Crippen LogP contribution in [-0.4, -0.2) is 9.55 Å². The summed E-state index contributed by atoms with van der Waals surface area (Å²) in [5.74, 6) is 0. The first kappa shape index (κ1) is 9.00. The quantitative estimate of drug-likeness (QED) is 0.717. The maximum absolute atomic E-state index is 4.23. The van der Waals surface area contributed by atoms with E-state index in [1.165, 1.54) is 5.56 Å². The molecular weight excluding hydrogens is 172 g/mol. The van der Waals surface area contributed by atoms with Gasteiger partial charge in [0, 0.05) is 12.7 Å². The van der Waals surface area contributed by atoms with Gasteiger partial charge in [-0.3, -0.25) is 0 Å². The second-order valence-electron chi connectivity index (χ2n) is 3.27. The Kier molecular flexibility index (Phi) is 2.63. The predicted molar refractivity (Wildman–Crippen MR) is 56.8 cm³/mol. The Bertz CT molecular complexity index is 390. The zero-order chi connectivity index (χ0) is 9.80. The molecule has 14 heavy (non-hydrogen) atoms. The van der Waals surface area contributed by atoms with Crippen LogP contribution < -0.4 is 0 Å². The third kappa shape index (κ3) is 2.02. The Hall–Kier alpha value is -1.57. The lowest BCUT2D eigenvalue weighted by molar-refractivity contribution is 0.796. The highest BCUT2D eigenvalue weighted by molar-refractivity contribution is 5.15. The van der Waals surface area contributed by atoms with E-state index in [-0.39, 0.29) is 0 Å². The largest absolute Gasteiger partial charge is 0.333 e. The van der Waals surface area contributed by atoms with E-state index in [2.05, 4.69) is 40.7 Å². The maximum Gasteiger partial charge on any atom is 0.0952 e. The summed E-state index contributed by atoms with van der Waals surface area (Å²) < 4.78 is 2.08. The van der Waals surface area contributed by atoms with E-state index in [0.717, 1.165) is 18.7 Å². The van der Waals surface area contributed by atoms with Crippen molar-refractivity contribution in [1.82, 2.24) is 9.55 Å². The Morgan fingerprint density at radius 3 is 2.64 bits per heavy atom. The molecule has 1 aromatic heterocycles. The molecule has 2 rings (SSSR count). The highest BCUT2D eigenvalue weighted by Gasteiger charge is 1.96. The molecule has 0 spiro atoms. The van der Waals surface area contributed by atoms with Gasteiger partial charge in [0.1, 0.15) is 0 Å². The Labute approximate surface area is 84.2 Å². The molecule has 0 aliphatic carbocycles. The van der Waals surface area contributed by atoms with Gasteiger partial charge in [-0.15, -0.1) is 0 Å². The minimum Gasteiger partial charge on any atom is -0.333 e. The molecule has 0 amide bonds. The molecule has 1 heterocycles. The molecule has 0 unspecified atom stereocenters. The summed E-state index contributed by atoms with van der Waals surface area (Å²) in [4.78, 5) is 4.23. The normalized spacial score (nSPS) is 10.4. The van der Waals surface area contributed by atoms with E-state index in [9.17, 15) is 0 Å². The Morgan fingerprint density at radius 1 is 1.21 bits per heavy atom. The summed E-state index contributed by atoms with van der Waals surface area (Å²) in [7, 11) is 0. The van der Waals surface area contributed by atoms with Crippen LogP contribution >= 0.6 is 0 Å². The van der Waals surface area contributed by atoms with Gasteiger partial charge < -0.3 is 4.57 Å². The summed E-state index contributed by atoms with van der Waals surface area (Å²) in [5, 5.41) is 0.